The van der Waals surface area contributed by atoms with E-state index in [0.29, 0.717) is 17.9 Å². The molecule has 1 aliphatic heterocycles. The number of fused-ring (bicyclic) bond motifs is 1. The third-order valence-corrected chi connectivity index (χ3v) is 4.32. The van der Waals surface area contributed by atoms with Gasteiger partial charge in [0.1, 0.15) is 0 Å². The molecule has 1 heterocycles. The second-order valence-corrected chi connectivity index (χ2v) is 5.61. The van der Waals surface area contributed by atoms with Crippen LogP contribution in [0.2, 0.25) is 0 Å². The number of carbonyl (C=O) groups is 1. The SMILES string of the molecule is C/C=C1/c2cc(OC)c(OC)cc2CCN1C(=O)c1ccccc1. The predicted octanol–water partition coefficient (Wildman–Crippen LogP) is 3.76. The highest BCUT2D eigenvalue weighted by Gasteiger charge is 2.27. The largest absolute Gasteiger partial charge is 0.493 e. The Morgan fingerprint density at radius 2 is 1.75 bits per heavy atom. The monoisotopic (exact) mass is 323 g/mol. The summed E-state index contributed by atoms with van der Waals surface area (Å²) in [6, 6.07) is 13.3. The van der Waals surface area contributed by atoms with Crippen LogP contribution in [0.4, 0.5) is 0 Å². The molecule has 4 nitrogen and oxygen atoms in total. The Bertz CT molecular complexity index is 781. The molecule has 2 aromatic rings. The maximum atomic E-state index is 12.9. The van der Waals surface area contributed by atoms with E-state index in [4.69, 9.17) is 9.47 Å². The molecule has 1 amide bonds. The normalized spacial score (nSPS) is 15.1. The molecule has 0 saturated carbocycles. The van der Waals surface area contributed by atoms with Crippen molar-refractivity contribution in [2.24, 2.45) is 0 Å². The molecule has 3 rings (SSSR count). The van der Waals surface area contributed by atoms with Crippen LogP contribution in [0.5, 0.6) is 11.5 Å². The highest BCUT2D eigenvalue weighted by atomic mass is 16.5. The van der Waals surface area contributed by atoms with Gasteiger partial charge < -0.3 is 14.4 Å². The fourth-order valence-electron chi connectivity index (χ4n) is 3.12. The summed E-state index contributed by atoms with van der Waals surface area (Å²) in [6.45, 7) is 2.60. The fraction of sp³-hybridized carbons (Fsp3) is 0.250. The first-order chi connectivity index (χ1) is 11.7. The maximum Gasteiger partial charge on any atom is 0.258 e. The van der Waals surface area contributed by atoms with E-state index in [1.807, 2.05) is 60.4 Å². The molecule has 0 N–H and O–H groups in total. The van der Waals surface area contributed by atoms with E-state index < -0.39 is 0 Å². The second kappa shape index (κ2) is 6.79. The van der Waals surface area contributed by atoms with Crippen LogP contribution in [-0.4, -0.2) is 31.6 Å². The van der Waals surface area contributed by atoms with Crippen molar-refractivity contribution in [3.8, 4) is 11.5 Å². The molecule has 124 valence electrons. The van der Waals surface area contributed by atoms with Crippen molar-refractivity contribution in [3.63, 3.8) is 0 Å². The van der Waals surface area contributed by atoms with Crippen LogP contribution < -0.4 is 9.47 Å². The van der Waals surface area contributed by atoms with E-state index in [9.17, 15) is 4.79 Å². The number of rotatable bonds is 3. The molecule has 24 heavy (non-hydrogen) atoms. The van der Waals surface area contributed by atoms with Crippen LogP contribution in [0.15, 0.2) is 48.5 Å². The lowest BCUT2D eigenvalue weighted by Crippen LogP contribution is -2.35. The van der Waals surface area contributed by atoms with Gasteiger partial charge in [-0.05, 0) is 43.2 Å². The Balaban J connectivity index is 2.02. The van der Waals surface area contributed by atoms with Gasteiger partial charge in [0, 0.05) is 23.4 Å². The summed E-state index contributed by atoms with van der Waals surface area (Å²) < 4.78 is 10.8. The Labute approximate surface area is 142 Å². The molecular formula is C20H21NO3. The van der Waals surface area contributed by atoms with Gasteiger partial charge in [0.2, 0.25) is 0 Å². The summed E-state index contributed by atoms with van der Waals surface area (Å²) in [7, 11) is 3.25. The zero-order chi connectivity index (χ0) is 17.1. The molecule has 0 fully saturated rings. The van der Waals surface area contributed by atoms with Crippen molar-refractivity contribution in [3.05, 3.63) is 65.2 Å². The zero-order valence-corrected chi connectivity index (χ0v) is 14.2. The molecular weight excluding hydrogens is 302 g/mol. The van der Waals surface area contributed by atoms with Crippen LogP contribution >= 0.6 is 0 Å². The Morgan fingerprint density at radius 3 is 2.38 bits per heavy atom. The minimum absolute atomic E-state index is 0.0177. The van der Waals surface area contributed by atoms with Crippen LogP contribution in [0.25, 0.3) is 5.70 Å². The predicted molar refractivity (Wildman–Crippen MR) is 94.4 cm³/mol. The molecule has 1 aliphatic rings. The molecule has 0 spiro atoms. The summed E-state index contributed by atoms with van der Waals surface area (Å²) in [5.41, 5.74) is 3.79. The molecule has 0 bridgehead atoms. The first-order valence-corrected chi connectivity index (χ1v) is 7.98. The maximum absolute atomic E-state index is 12.9. The average Bonchev–Trinajstić information content (AvgIpc) is 2.65. The van der Waals surface area contributed by atoms with E-state index in [0.717, 1.165) is 29.0 Å². The number of benzene rings is 2. The Morgan fingerprint density at radius 1 is 1.08 bits per heavy atom. The zero-order valence-electron chi connectivity index (χ0n) is 14.2. The van der Waals surface area contributed by atoms with Crippen LogP contribution in [-0.2, 0) is 6.42 Å². The quantitative estimate of drug-likeness (QED) is 0.863. The lowest BCUT2D eigenvalue weighted by molar-refractivity contribution is 0.0833. The summed E-state index contributed by atoms with van der Waals surface area (Å²) in [6.07, 6.45) is 2.76. The number of allylic oxidation sites excluding steroid dienone is 1. The molecule has 2 aromatic carbocycles. The minimum atomic E-state index is 0.0177. The van der Waals surface area contributed by atoms with Crippen molar-refractivity contribution in [2.45, 2.75) is 13.3 Å². The highest BCUT2D eigenvalue weighted by Crippen LogP contribution is 2.38. The topological polar surface area (TPSA) is 38.8 Å². The number of hydrogen-bond donors (Lipinski definition) is 0. The number of ether oxygens (including phenoxy) is 2. The van der Waals surface area contributed by atoms with Gasteiger partial charge in [-0.25, -0.2) is 0 Å². The van der Waals surface area contributed by atoms with Gasteiger partial charge in [-0.3, -0.25) is 4.79 Å². The highest BCUT2D eigenvalue weighted by molar-refractivity contribution is 6.00. The first-order valence-electron chi connectivity index (χ1n) is 7.98. The van der Waals surface area contributed by atoms with Crippen molar-refractivity contribution in [1.82, 2.24) is 4.90 Å². The molecule has 0 aliphatic carbocycles. The van der Waals surface area contributed by atoms with Gasteiger partial charge in [-0.1, -0.05) is 24.3 Å². The second-order valence-electron chi connectivity index (χ2n) is 5.61. The van der Waals surface area contributed by atoms with Gasteiger partial charge >= 0.3 is 0 Å². The van der Waals surface area contributed by atoms with E-state index in [1.54, 1.807) is 14.2 Å². The van der Waals surface area contributed by atoms with Gasteiger partial charge in [0.15, 0.2) is 11.5 Å². The summed E-state index contributed by atoms with van der Waals surface area (Å²) in [4.78, 5) is 14.7. The number of hydrogen-bond acceptors (Lipinski definition) is 3. The van der Waals surface area contributed by atoms with E-state index in [1.165, 1.54) is 0 Å². The van der Waals surface area contributed by atoms with E-state index in [2.05, 4.69) is 0 Å². The molecule has 0 aromatic heterocycles. The van der Waals surface area contributed by atoms with Gasteiger partial charge in [0.25, 0.3) is 5.91 Å². The van der Waals surface area contributed by atoms with Crippen LogP contribution in [0.3, 0.4) is 0 Å². The van der Waals surface area contributed by atoms with Gasteiger partial charge in [0.05, 0.1) is 14.2 Å². The number of nitrogens with zero attached hydrogens (tertiary/aromatic N) is 1. The summed E-state index contributed by atoms with van der Waals surface area (Å²) >= 11 is 0. The third kappa shape index (κ3) is 2.75. The molecule has 0 saturated heterocycles. The lowest BCUT2D eigenvalue weighted by Gasteiger charge is -2.32. The molecule has 0 atom stereocenters. The van der Waals surface area contributed by atoms with Gasteiger partial charge in [-0.2, -0.15) is 0 Å². The Hall–Kier alpha value is -2.75. The molecule has 0 unspecified atom stereocenters. The van der Waals surface area contributed by atoms with Crippen LogP contribution in [0, 0.1) is 0 Å². The molecule has 0 radical (unpaired) electrons. The van der Waals surface area contributed by atoms with Crippen molar-refractivity contribution < 1.29 is 14.3 Å². The fourth-order valence-corrected chi connectivity index (χ4v) is 3.12. The third-order valence-electron chi connectivity index (χ3n) is 4.32. The summed E-state index contributed by atoms with van der Waals surface area (Å²) in [5, 5.41) is 0. The van der Waals surface area contributed by atoms with Gasteiger partial charge in [-0.15, -0.1) is 0 Å². The van der Waals surface area contributed by atoms with Crippen LogP contribution in [0.1, 0.15) is 28.4 Å². The number of amides is 1. The Kier molecular flexibility index (Phi) is 4.56. The number of carbonyl (C=O) groups excluding carboxylic acids is 1. The first kappa shape index (κ1) is 16.1. The molecule has 4 heteroatoms. The van der Waals surface area contributed by atoms with E-state index >= 15 is 0 Å². The summed E-state index contributed by atoms with van der Waals surface area (Å²) in [5.74, 6) is 1.41. The van der Waals surface area contributed by atoms with Crippen molar-refractivity contribution in [2.75, 3.05) is 20.8 Å². The standard InChI is InChI=1S/C20H21NO3/c1-4-17-16-13-19(24-3)18(23-2)12-15(16)10-11-21(17)20(22)14-8-6-5-7-9-14/h4-9,12-13H,10-11H2,1-3H3/b17-4-. The lowest BCUT2D eigenvalue weighted by atomic mass is 9.94. The smallest absolute Gasteiger partial charge is 0.258 e. The minimum Gasteiger partial charge on any atom is -0.493 e. The van der Waals surface area contributed by atoms with Crippen molar-refractivity contribution >= 4 is 11.6 Å². The van der Waals surface area contributed by atoms with E-state index in [-0.39, 0.29) is 5.91 Å². The average molecular weight is 323 g/mol. The van der Waals surface area contributed by atoms with Crippen molar-refractivity contribution in [1.29, 1.82) is 0 Å². The number of methoxy groups -OCH3 is 2.